The minimum atomic E-state index is 0.527. The molecule has 0 fully saturated rings. The molecule has 1 rings (SSSR count). The fourth-order valence-electron chi connectivity index (χ4n) is 1.68. The van der Waals surface area contributed by atoms with Gasteiger partial charge in [0.05, 0.1) is 19.9 Å². The second-order valence-electron chi connectivity index (χ2n) is 4.74. The van der Waals surface area contributed by atoms with E-state index < -0.39 is 0 Å². The number of rotatable bonds is 9. The Morgan fingerprint density at radius 2 is 2.09 bits per heavy atom. The summed E-state index contributed by atoms with van der Waals surface area (Å²) in [7, 11) is 1.63. The van der Waals surface area contributed by atoms with E-state index >= 15 is 0 Å². The summed E-state index contributed by atoms with van der Waals surface area (Å²) in [5.74, 6) is 1.44. The number of hydrazone groups is 1. The average Bonchev–Trinajstić information content (AvgIpc) is 2.53. The highest BCUT2D eigenvalue weighted by Gasteiger charge is 2.04. The van der Waals surface area contributed by atoms with Gasteiger partial charge in [-0.3, -0.25) is 5.43 Å². The number of nitrogens with zero attached hydrogens (tertiary/aromatic N) is 1. The van der Waals surface area contributed by atoms with Gasteiger partial charge in [-0.1, -0.05) is 20.3 Å². The molecule has 2 N–H and O–H groups in total. The summed E-state index contributed by atoms with van der Waals surface area (Å²) in [6.07, 6.45) is 4.87. The molecular weight excluding hydrogens is 298 g/mol. The van der Waals surface area contributed by atoms with Crippen LogP contribution in [0.2, 0.25) is 0 Å². The van der Waals surface area contributed by atoms with Gasteiger partial charge >= 0.3 is 0 Å². The van der Waals surface area contributed by atoms with Gasteiger partial charge < -0.3 is 14.8 Å². The highest BCUT2D eigenvalue weighted by molar-refractivity contribution is 7.80. The lowest BCUT2D eigenvalue weighted by molar-refractivity contribution is 0.294. The van der Waals surface area contributed by atoms with E-state index in [1.54, 1.807) is 13.3 Å². The molecule has 0 aliphatic heterocycles. The molecule has 0 atom stereocenters. The van der Waals surface area contributed by atoms with Crippen molar-refractivity contribution in [1.82, 2.24) is 10.7 Å². The molecule has 122 valence electrons. The Morgan fingerprint density at radius 1 is 1.27 bits per heavy atom. The van der Waals surface area contributed by atoms with Gasteiger partial charge in [-0.2, -0.15) is 5.10 Å². The minimum absolute atomic E-state index is 0.527. The fraction of sp³-hybridized carbons (Fsp3) is 0.500. The second-order valence-corrected chi connectivity index (χ2v) is 5.15. The number of hydrogen-bond donors (Lipinski definition) is 2. The first-order valence-electron chi connectivity index (χ1n) is 7.59. The third-order valence-corrected chi connectivity index (χ3v) is 3.08. The summed E-state index contributed by atoms with van der Waals surface area (Å²) >= 11 is 5.12. The van der Waals surface area contributed by atoms with Gasteiger partial charge in [-0.15, -0.1) is 0 Å². The van der Waals surface area contributed by atoms with Crippen LogP contribution in [0.15, 0.2) is 23.3 Å². The van der Waals surface area contributed by atoms with Gasteiger partial charge in [0.25, 0.3) is 0 Å². The van der Waals surface area contributed by atoms with E-state index in [4.69, 9.17) is 21.7 Å². The van der Waals surface area contributed by atoms with E-state index in [1.165, 1.54) is 0 Å². The van der Waals surface area contributed by atoms with Crippen LogP contribution in [-0.4, -0.2) is 31.6 Å². The summed E-state index contributed by atoms with van der Waals surface area (Å²) in [4.78, 5) is 0. The first kappa shape index (κ1) is 18.2. The molecule has 0 saturated carbocycles. The van der Waals surface area contributed by atoms with Crippen molar-refractivity contribution in [3.05, 3.63) is 23.8 Å². The number of methoxy groups -OCH3 is 1. The van der Waals surface area contributed by atoms with Gasteiger partial charge in [0.1, 0.15) is 0 Å². The maximum Gasteiger partial charge on any atom is 0.186 e. The highest BCUT2D eigenvalue weighted by Crippen LogP contribution is 2.27. The topological polar surface area (TPSA) is 54.9 Å². The Hall–Kier alpha value is -1.82. The van der Waals surface area contributed by atoms with Gasteiger partial charge in [0.15, 0.2) is 16.6 Å². The van der Waals surface area contributed by atoms with Crippen LogP contribution in [-0.2, 0) is 0 Å². The normalized spacial score (nSPS) is 10.5. The zero-order chi connectivity index (χ0) is 16.2. The molecule has 0 unspecified atom stereocenters. The molecule has 0 aliphatic carbocycles. The van der Waals surface area contributed by atoms with Crippen molar-refractivity contribution in [2.75, 3.05) is 20.3 Å². The third kappa shape index (κ3) is 6.76. The summed E-state index contributed by atoms with van der Waals surface area (Å²) < 4.78 is 10.9. The predicted molar refractivity (Wildman–Crippen MR) is 95.0 cm³/mol. The summed E-state index contributed by atoms with van der Waals surface area (Å²) in [6.45, 7) is 5.73. The molecule has 1 aromatic rings. The molecule has 0 saturated heterocycles. The number of unbranched alkanes of at least 4 members (excludes halogenated alkanes) is 1. The molecule has 22 heavy (non-hydrogen) atoms. The molecule has 6 heteroatoms. The molecule has 0 amide bonds. The SMILES string of the molecule is CCCCNC(=S)N/N=C\c1ccc(OCCC)c(OC)c1. The first-order chi connectivity index (χ1) is 10.7. The molecule has 0 aromatic heterocycles. The van der Waals surface area contributed by atoms with Crippen LogP contribution in [0.25, 0.3) is 0 Å². The lowest BCUT2D eigenvalue weighted by Crippen LogP contribution is -2.32. The van der Waals surface area contributed by atoms with Crippen molar-refractivity contribution in [2.45, 2.75) is 33.1 Å². The highest BCUT2D eigenvalue weighted by atomic mass is 32.1. The summed E-state index contributed by atoms with van der Waals surface area (Å²) in [5, 5.41) is 7.73. The van der Waals surface area contributed by atoms with E-state index in [1.807, 2.05) is 18.2 Å². The summed E-state index contributed by atoms with van der Waals surface area (Å²) in [5.41, 5.74) is 3.70. The molecule has 0 radical (unpaired) electrons. The van der Waals surface area contributed by atoms with Crippen LogP contribution >= 0.6 is 12.2 Å². The lowest BCUT2D eigenvalue weighted by Gasteiger charge is -2.10. The molecule has 0 aliphatic rings. The summed E-state index contributed by atoms with van der Waals surface area (Å²) in [6, 6.07) is 5.68. The van der Waals surface area contributed by atoms with Crippen molar-refractivity contribution >= 4 is 23.5 Å². The smallest absolute Gasteiger partial charge is 0.186 e. The van der Waals surface area contributed by atoms with Crippen LogP contribution in [0, 0.1) is 0 Å². The zero-order valence-corrected chi connectivity index (χ0v) is 14.3. The molecule has 5 nitrogen and oxygen atoms in total. The van der Waals surface area contributed by atoms with Crippen molar-refractivity contribution in [3.63, 3.8) is 0 Å². The maximum atomic E-state index is 5.61. The van der Waals surface area contributed by atoms with Crippen molar-refractivity contribution in [3.8, 4) is 11.5 Å². The Kier molecular flexibility index (Phi) is 8.98. The Morgan fingerprint density at radius 3 is 2.77 bits per heavy atom. The predicted octanol–water partition coefficient (Wildman–Crippen LogP) is 3.08. The maximum absolute atomic E-state index is 5.61. The molecule has 1 aromatic carbocycles. The first-order valence-corrected chi connectivity index (χ1v) is 7.99. The largest absolute Gasteiger partial charge is 0.493 e. The van der Waals surface area contributed by atoms with Crippen LogP contribution < -0.4 is 20.2 Å². The van der Waals surface area contributed by atoms with Gasteiger partial charge in [0.2, 0.25) is 0 Å². The van der Waals surface area contributed by atoms with E-state index in [-0.39, 0.29) is 0 Å². The Bertz CT molecular complexity index is 492. The van der Waals surface area contributed by atoms with E-state index in [9.17, 15) is 0 Å². The number of thiocarbonyl (C=S) groups is 1. The molecule has 0 bridgehead atoms. The van der Waals surface area contributed by atoms with Crippen LogP contribution in [0.5, 0.6) is 11.5 Å². The number of hydrogen-bond acceptors (Lipinski definition) is 4. The number of benzene rings is 1. The Balaban J connectivity index is 2.54. The monoisotopic (exact) mass is 323 g/mol. The second kappa shape index (κ2) is 10.8. The fourth-order valence-corrected chi connectivity index (χ4v) is 1.83. The van der Waals surface area contributed by atoms with Crippen LogP contribution in [0.4, 0.5) is 0 Å². The molecule has 0 heterocycles. The number of ether oxygens (including phenoxy) is 2. The minimum Gasteiger partial charge on any atom is -0.493 e. The van der Waals surface area contributed by atoms with E-state index in [2.05, 4.69) is 29.7 Å². The quantitative estimate of drug-likeness (QED) is 0.316. The van der Waals surface area contributed by atoms with Gasteiger partial charge in [-0.25, -0.2) is 0 Å². The Labute approximate surface area is 138 Å². The lowest BCUT2D eigenvalue weighted by atomic mass is 10.2. The van der Waals surface area contributed by atoms with Crippen molar-refractivity contribution < 1.29 is 9.47 Å². The third-order valence-electron chi connectivity index (χ3n) is 2.84. The number of nitrogens with one attached hydrogen (secondary N) is 2. The van der Waals surface area contributed by atoms with E-state index in [0.717, 1.165) is 37.1 Å². The van der Waals surface area contributed by atoms with Crippen LogP contribution in [0.1, 0.15) is 38.7 Å². The van der Waals surface area contributed by atoms with E-state index in [0.29, 0.717) is 17.5 Å². The molecular formula is C16H25N3O2S. The molecule has 0 spiro atoms. The van der Waals surface area contributed by atoms with Crippen molar-refractivity contribution in [2.24, 2.45) is 5.10 Å². The van der Waals surface area contributed by atoms with Gasteiger partial charge in [-0.05, 0) is 48.8 Å². The standard InChI is InChI=1S/C16H25N3O2S/c1-4-6-9-17-16(22)19-18-12-13-7-8-14(21-10-5-2)15(11-13)20-3/h7-8,11-12H,4-6,9-10H2,1-3H3,(H2,17,19,22)/b18-12-. The zero-order valence-electron chi connectivity index (χ0n) is 13.5. The van der Waals surface area contributed by atoms with Gasteiger partial charge in [0, 0.05) is 6.54 Å². The average molecular weight is 323 g/mol. The van der Waals surface area contributed by atoms with Crippen molar-refractivity contribution in [1.29, 1.82) is 0 Å². The van der Waals surface area contributed by atoms with Crippen LogP contribution in [0.3, 0.4) is 0 Å².